The Bertz CT molecular complexity index is 414. The molecule has 5 heteroatoms. The fourth-order valence-corrected chi connectivity index (χ4v) is 2.19. The van der Waals surface area contributed by atoms with Gasteiger partial charge in [-0.25, -0.2) is 5.90 Å². The number of para-hydroxylation sites is 1. The van der Waals surface area contributed by atoms with Crippen molar-refractivity contribution in [2.24, 2.45) is 5.90 Å². The number of nitrogens with zero attached hydrogens (tertiary/aromatic N) is 1. The number of carbonyl (C=O) groups excluding carboxylic acids is 1. The quantitative estimate of drug-likeness (QED) is 0.818. The molecule has 1 aromatic carbocycles. The number of rotatable bonds is 3. The molecular formula is C13H18N2O3. The van der Waals surface area contributed by atoms with E-state index < -0.39 is 0 Å². The van der Waals surface area contributed by atoms with Crippen LogP contribution in [0.15, 0.2) is 24.3 Å². The molecule has 1 aliphatic rings. The van der Waals surface area contributed by atoms with Crippen molar-refractivity contribution in [1.82, 2.24) is 4.90 Å². The van der Waals surface area contributed by atoms with Gasteiger partial charge in [0, 0.05) is 13.1 Å². The lowest BCUT2D eigenvalue weighted by Gasteiger charge is -2.31. The Morgan fingerprint density at radius 1 is 1.33 bits per heavy atom. The van der Waals surface area contributed by atoms with E-state index in [0.717, 1.165) is 12.8 Å². The first-order chi connectivity index (χ1) is 8.76. The third-order valence-electron chi connectivity index (χ3n) is 3.26. The Labute approximate surface area is 106 Å². The zero-order chi connectivity index (χ0) is 13.0. The van der Waals surface area contributed by atoms with E-state index in [1.165, 1.54) is 0 Å². The van der Waals surface area contributed by atoms with Gasteiger partial charge in [0.15, 0.2) is 0 Å². The van der Waals surface area contributed by atoms with Gasteiger partial charge in [0.2, 0.25) is 0 Å². The zero-order valence-electron chi connectivity index (χ0n) is 10.5. The summed E-state index contributed by atoms with van der Waals surface area (Å²) < 4.78 is 5.21. The minimum Gasteiger partial charge on any atom is -0.496 e. The predicted octanol–water partition coefficient (Wildman–Crippen LogP) is 1.19. The minimum atomic E-state index is 0.00271. The van der Waals surface area contributed by atoms with Crippen molar-refractivity contribution in [3.05, 3.63) is 29.8 Å². The number of ether oxygens (including phenoxy) is 1. The van der Waals surface area contributed by atoms with Crippen LogP contribution in [0.3, 0.4) is 0 Å². The maximum atomic E-state index is 12.3. The van der Waals surface area contributed by atoms with Crippen LogP contribution in [0.25, 0.3) is 0 Å². The molecule has 0 spiro atoms. The average Bonchev–Trinajstić information content (AvgIpc) is 2.46. The molecule has 2 N–H and O–H groups in total. The summed E-state index contributed by atoms with van der Waals surface area (Å²) in [5.74, 6) is 5.77. The maximum absolute atomic E-state index is 12.3. The monoisotopic (exact) mass is 250 g/mol. The van der Waals surface area contributed by atoms with E-state index in [0.29, 0.717) is 24.4 Å². The molecule has 0 atom stereocenters. The van der Waals surface area contributed by atoms with Crippen LogP contribution in [0.5, 0.6) is 5.75 Å². The molecule has 98 valence electrons. The second-order valence-corrected chi connectivity index (χ2v) is 4.33. The SMILES string of the molecule is COc1ccccc1C(=O)N1CCC(ON)CC1. The van der Waals surface area contributed by atoms with Gasteiger partial charge < -0.3 is 14.5 Å². The van der Waals surface area contributed by atoms with E-state index >= 15 is 0 Å². The highest BCUT2D eigenvalue weighted by Crippen LogP contribution is 2.21. The van der Waals surface area contributed by atoms with E-state index in [2.05, 4.69) is 0 Å². The van der Waals surface area contributed by atoms with Crippen LogP contribution in [-0.2, 0) is 4.84 Å². The summed E-state index contributed by atoms with van der Waals surface area (Å²) in [6.07, 6.45) is 1.61. The molecule has 1 amide bonds. The number of piperidine rings is 1. The molecule has 0 aliphatic carbocycles. The molecule has 1 heterocycles. The minimum absolute atomic E-state index is 0.00271. The number of nitrogens with two attached hydrogens (primary N) is 1. The normalized spacial score (nSPS) is 16.7. The van der Waals surface area contributed by atoms with E-state index in [1.54, 1.807) is 19.2 Å². The first kappa shape index (κ1) is 12.9. The van der Waals surface area contributed by atoms with Gasteiger partial charge in [-0.05, 0) is 25.0 Å². The van der Waals surface area contributed by atoms with E-state index in [-0.39, 0.29) is 12.0 Å². The zero-order valence-corrected chi connectivity index (χ0v) is 10.5. The Kier molecular flexibility index (Phi) is 4.17. The number of likely N-dealkylation sites (tertiary alicyclic amines) is 1. The summed E-state index contributed by atoms with van der Waals surface area (Å²) >= 11 is 0. The van der Waals surface area contributed by atoms with Gasteiger partial charge in [0.25, 0.3) is 5.91 Å². The summed E-state index contributed by atoms with van der Waals surface area (Å²) in [4.78, 5) is 19.0. The van der Waals surface area contributed by atoms with Gasteiger partial charge in [0.05, 0.1) is 18.8 Å². The van der Waals surface area contributed by atoms with Gasteiger partial charge in [-0.2, -0.15) is 0 Å². The number of benzene rings is 1. The second kappa shape index (κ2) is 5.84. The number of methoxy groups -OCH3 is 1. The lowest BCUT2D eigenvalue weighted by Crippen LogP contribution is -2.41. The fraction of sp³-hybridized carbons (Fsp3) is 0.462. The molecule has 0 bridgehead atoms. The number of hydrogen-bond donors (Lipinski definition) is 1. The lowest BCUT2D eigenvalue weighted by atomic mass is 10.1. The highest BCUT2D eigenvalue weighted by molar-refractivity contribution is 5.97. The standard InChI is InChI=1S/C13H18N2O3/c1-17-12-5-3-2-4-11(12)13(16)15-8-6-10(18-14)7-9-15/h2-5,10H,6-9,14H2,1H3. The number of hydrogen-bond acceptors (Lipinski definition) is 4. The molecular weight excluding hydrogens is 232 g/mol. The summed E-state index contributed by atoms with van der Waals surface area (Å²) in [6.45, 7) is 1.33. The van der Waals surface area contributed by atoms with Crippen molar-refractivity contribution in [3.8, 4) is 5.75 Å². The summed E-state index contributed by atoms with van der Waals surface area (Å²) in [7, 11) is 1.57. The summed E-state index contributed by atoms with van der Waals surface area (Å²) in [6, 6.07) is 7.27. The maximum Gasteiger partial charge on any atom is 0.257 e. The van der Waals surface area contributed by atoms with Gasteiger partial charge in [-0.15, -0.1) is 0 Å². The smallest absolute Gasteiger partial charge is 0.257 e. The van der Waals surface area contributed by atoms with Crippen LogP contribution in [-0.4, -0.2) is 37.1 Å². The largest absolute Gasteiger partial charge is 0.496 e. The van der Waals surface area contributed by atoms with E-state index in [1.807, 2.05) is 17.0 Å². The van der Waals surface area contributed by atoms with E-state index in [4.69, 9.17) is 15.5 Å². The number of carbonyl (C=O) groups is 1. The third kappa shape index (κ3) is 2.63. The summed E-state index contributed by atoms with van der Waals surface area (Å²) in [5, 5.41) is 0. The molecule has 1 saturated heterocycles. The molecule has 5 nitrogen and oxygen atoms in total. The highest BCUT2D eigenvalue weighted by atomic mass is 16.6. The van der Waals surface area contributed by atoms with Gasteiger partial charge in [-0.1, -0.05) is 12.1 Å². The first-order valence-electron chi connectivity index (χ1n) is 6.04. The predicted molar refractivity (Wildman–Crippen MR) is 67.2 cm³/mol. The Balaban J connectivity index is 2.08. The topological polar surface area (TPSA) is 64.8 Å². The highest BCUT2D eigenvalue weighted by Gasteiger charge is 2.25. The van der Waals surface area contributed by atoms with Crippen molar-refractivity contribution in [3.63, 3.8) is 0 Å². The van der Waals surface area contributed by atoms with Crippen molar-refractivity contribution >= 4 is 5.91 Å². The number of amides is 1. The Morgan fingerprint density at radius 2 is 2.00 bits per heavy atom. The van der Waals surface area contributed by atoms with Crippen molar-refractivity contribution in [2.75, 3.05) is 20.2 Å². The average molecular weight is 250 g/mol. The van der Waals surface area contributed by atoms with Crippen LogP contribution >= 0.6 is 0 Å². The molecule has 1 fully saturated rings. The second-order valence-electron chi connectivity index (χ2n) is 4.33. The first-order valence-corrected chi connectivity index (χ1v) is 6.04. The van der Waals surface area contributed by atoms with Crippen molar-refractivity contribution in [2.45, 2.75) is 18.9 Å². The van der Waals surface area contributed by atoms with Crippen LogP contribution in [0.1, 0.15) is 23.2 Å². The molecule has 0 aromatic heterocycles. The van der Waals surface area contributed by atoms with Gasteiger partial charge >= 0.3 is 0 Å². The van der Waals surface area contributed by atoms with Crippen molar-refractivity contribution < 1.29 is 14.4 Å². The lowest BCUT2D eigenvalue weighted by molar-refractivity contribution is 0.00774. The molecule has 18 heavy (non-hydrogen) atoms. The van der Waals surface area contributed by atoms with Crippen LogP contribution < -0.4 is 10.6 Å². The molecule has 0 radical (unpaired) electrons. The molecule has 0 unspecified atom stereocenters. The van der Waals surface area contributed by atoms with Crippen LogP contribution in [0.2, 0.25) is 0 Å². The Hall–Kier alpha value is -1.59. The van der Waals surface area contributed by atoms with Crippen molar-refractivity contribution in [1.29, 1.82) is 0 Å². The fourth-order valence-electron chi connectivity index (χ4n) is 2.19. The third-order valence-corrected chi connectivity index (χ3v) is 3.26. The molecule has 0 saturated carbocycles. The van der Waals surface area contributed by atoms with Crippen LogP contribution in [0, 0.1) is 0 Å². The van der Waals surface area contributed by atoms with Gasteiger partial charge in [0.1, 0.15) is 5.75 Å². The van der Waals surface area contributed by atoms with E-state index in [9.17, 15) is 4.79 Å². The molecule has 1 aliphatic heterocycles. The van der Waals surface area contributed by atoms with Crippen LogP contribution in [0.4, 0.5) is 0 Å². The molecule has 1 aromatic rings. The summed E-state index contributed by atoms with van der Waals surface area (Å²) in [5.41, 5.74) is 0.604. The molecule has 2 rings (SSSR count). The van der Waals surface area contributed by atoms with Gasteiger partial charge in [-0.3, -0.25) is 4.79 Å². The Morgan fingerprint density at radius 3 is 2.61 bits per heavy atom.